The van der Waals surface area contributed by atoms with Crippen molar-refractivity contribution in [1.29, 1.82) is 0 Å². The Bertz CT molecular complexity index is 839. The summed E-state index contributed by atoms with van der Waals surface area (Å²) in [4.78, 5) is 21.8. The van der Waals surface area contributed by atoms with Crippen LogP contribution in [0, 0.1) is 39.3 Å². The number of aryl methyl sites for hydroxylation is 2. The lowest BCUT2D eigenvalue weighted by Gasteiger charge is -2.25. The topological polar surface area (TPSA) is 138 Å². The van der Waals surface area contributed by atoms with Crippen LogP contribution in [-0.2, 0) is 5.54 Å². The number of allylic oxidation sites excluding steroid dienone is 1. The number of hydroxylamine groups is 1. The summed E-state index contributed by atoms with van der Waals surface area (Å²) in [6.45, 7) is 3.53. The summed E-state index contributed by atoms with van der Waals surface area (Å²) in [6, 6.07) is 4.96. The van der Waals surface area contributed by atoms with Gasteiger partial charge < -0.3 is 5.21 Å². The highest BCUT2D eigenvalue weighted by Crippen LogP contribution is 2.36. The zero-order valence-corrected chi connectivity index (χ0v) is 12.8. The number of nitro groups is 2. The maximum Gasteiger partial charge on any atom is 0.321 e. The molecule has 1 heterocycles. The first kappa shape index (κ1) is 15.8. The summed E-state index contributed by atoms with van der Waals surface area (Å²) >= 11 is 0. The van der Waals surface area contributed by atoms with Crippen molar-refractivity contribution in [3.05, 3.63) is 83.9 Å². The summed E-state index contributed by atoms with van der Waals surface area (Å²) in [6.07, 6.45) is 1.94. The SMILES string of the molecule is Cc1cc(C)cc(C2([N+](=O)[O-])C=C([N+](=O)[O-])C=C3C2=NN[NH+]3[O-])c1. The van der Waals surface area contributed by atoms with Gasteiger partial charge in [-0.05, 0) is 26.0 Å². The van der Waals surface area contributed by atoms with Crippen LogP contribution in [0.1, 0.15) is 16.7 Å². The van der Waals surface area contributed by atoms with Crippen LogP contribution in [0.5, 0.6) is 0 Å². The molecule has 2 aliphatic rings. The maximum atomic E-state index is 12.0. The van der Waals surface area contributed by atoms with Gasteiger partial charge in [0.2, 0.25) is 5.71 Å². The van der Waals surface area contributed by atoms with Crippen molar-refractivity contribution in [2.75, 3.05) is 0 Å². The number of fused-ring (bicyclic) bond motifs is 1. The molecule has 0 fully saturated rings. The molecule has 3 rings (SSSR count). The molecule has 124 valence electrons. The van der Waals surface area contributed by atoms with E-state index in [1.807, 2.05) is 6.07 Å². The number of nitrogens with one attached hydrogen (secondary N) is 2. The third kappa shape index (κ3) is 2.16. The Morgan fingerprint density at radius 1 is 1.17 bits per heavy atom. The molecular weight excluding hydrogens is 318 g/mol. The monoisotopic (exact) mass is 331 g/mol. The normalized spacial score (nSPS) is 25.1. The molecule has 0 amide bonds. The zero-order valence-electron chi connectivity index (χ0n) is 12.8. The van der Waals surface area contributed by atoms with Gasteiger partial charge in [-0.3, -0.25) is 20.2 Å². The van der Waals surface area contributed by atoms with Gasteiger partial charge in [0.25, 0.3) is 5.70 Å². The van der Waals surface area contributed by atoms with Gasteiger partial charge in [-0.15, -0.1) is 10.6 Å². The fourth-order valence-corrected chi connectivity index (χ4v) is 3.00. The van der Waals surface area contributed by atoms with Crippen molar-refractivity contribution >= 4 is 5.71 Å². The lowest BCUT2D eigenvalue weighted by Crippen LogP contribution is -3.10. The first-order valence-corrected chi connectivity index (χ1v) is 6.97. The van der Waals surface area contributed by atoms with Gasteiger partial charge in [0.15, 0.2) is 5.70 Å². The number of hydrazone groups is 1. The van der Waals surface area contributed by atoms with E-state index in [1.54, 1.807) is 26.0 Å². The molecule has 2 atom stereocenters. The van der Waals surface area contributed by atoms with Crippen LogP contribution in [0.15, 0.2) is 46.8 Å². The van der Waals surface area contributed by atoms with E-state index in [1.165, 1.54) is 0 Å². The van der Waals surface area contributed by atoms with Crippen LogP contribution in [0.4, 0.5) is 0 Å². The van der Waals surface area contributed by atoms with Crippen LogP contribution in [-0.4, -0.2) is 15.6 Å². The molecule has 0 radical (unpaired) electrons. The molecule has 1 aliphatic heterocycles. The van der Waals surface area contributed by atoms with Gasteiger partial charge in [0.05, 0.1) is 17.1 Å². The predicted octanol–water partition coefficient (Wildman–Crippen LogP) is 0.0904. The Labute approximate surface area is 135 Å². The third-order valence-corrected chi connectivity index (χ3v) is 3.94. The molecule has 2 unspecified atom stereocenters. The van der Waals surface area contributed by atoms with Crippen molar-refractivity contribution in [3.63, 3.8) is 0 Å². The van der Waals surface area contributed by atoms with Gasteiger partial charge in [-0.2, -0.15) is 0 Å². The highest BCUT2D eigenvalue weighted by atomic mass is 16.6. The van der Waals surface area contributed by atoms with E-state index in [0.717, 1.165) is 23.3 Å². The molecular formula is C14H13N5O5. The zero-order chi connectivity index (χ0) is 17.6. The van der Waals surface area contributed by atoms with Gasteiger partial charge in [0, 0.05) is 10.5 Å². The minimum atomic E-state index is -2.09. The van der Waals surface area contributed by atoms with Crippen LogP contribution in [0.2, 0.25) is 0 Å². The smallest absolute Gasteiger partial charge is 0.321 e. The average Bonchev–Trinajstić information content (AvgIpc) is 2.86. The first-order valence-electron chi connectivity index (χ1n) is 6.97. The van der Waals surface area contributed by atoms with Crippen molar-refractivity contribution in [3.8, 4) is 0 Å². The lowest BCUT2D eigenvalue weighted by molar-refractivity contribution is -0.846. The molecule has 0 aromatic heterocycles. The van der Waals surface area contributed by atoms with E-state index in [0.29, 0.717) is 0 Å². The molecule has 10 nitrogen and oxygen atoms in total. The number of benzene rings is 1. The Morgan fingerprint density at radius 3 is 2.33 bits per heavy atom. The standard InChI is InChI=1S/C14H13N5O5/c1-8-3-9(2)5-10(4-8)14(19(23)24)7-11(18(21)22)6-12-13(14)15-16-17(12)20/h3-7,16-17H,1-2H3. The Balaban J connectivity index is 2.35. The van der Waals surface area contributed by atoms with Crippen LogP contribution < -0.4 is 10.7 Å². The summed E-state index contributed by atoms with van der Waals surface area (Å²) in [5.41, 5.74) is 0.961. The molecule has 0 spiro atoms. The molecule has 0 bridgehead atoms. The van der Waals surface area contributed by atoms with Crippen LogP contribution in [0.25, 0.3) is 0 Å². The van der Waals surface area contributed by atoms with Crippen LogP contribution >= 0.6 is 0 Å². The Kier molecular flexibility index (Phi) is 3.43. The quantitative estimate of drug-likeness (QED) is 0.457. The third-order valence-electron chi connectivity index (χ3n) is 3.94. The van der Waals surface area contributed by atoms with E-state index in [2.05, 4.69) is 10.6 Å². The second-order valence-electron chi connectivity index (χ2n) is 5.69. The largest absolute Gasteiger partial charge is 0.601 e. The van der Waals surface area contributed by atoms with E-state index in [4.69, 9.17) is 0 Å². The molecule has 1 aromatic carbocycles. The molecule has 1 aromatic rings. The molecule has 10 heteroatoms. The highest BCUT2D eigenvalue weighted by molar-refractivity contribution is 6.08. The predicted molar refractivity (Wildman–Crippen MR) is 82.6 cm³/mol. The van der Waals surface area contributed by atoms with E-state index in [-0.39, 0.29) is 17.0 Å². The molecule has 2 N–H and O–H groups in total. The number of rotatable bonds is 3. The minimum Gasteiger partial charge on any atom is -0.601 e. The highest BCUT2D eigenvalue weighted by Gasteiger charge is 2.58. The fraction of sp³-hybridized carbons (Fsp3) is 0.214. The first-order chi connectivity index (χ1) is 11.3. The fourth-order valence-electron chi connectivity index (χ4n) is 3.00. The Hall–Kier alpha value is -3.11. The summed E-state index contributed by atoms with van der Waals surface area (Å²) in [5, 5.41) is 38.2. The van der Waals surface area contributed by atoms with E-state index >= 15 is 0 Å². The molecule has 24 heavy (non-hydrogen) atoms. The van der Waals surface area contributed by atoms with Crippen molar-refractivity contribution in [2.45, 2.75) is 19.4 Å². The van der Waals surface area contributed by atoms with Crippen molar-refractivity contribution in [2.24, 2.45) is 5.10 Å². The summed E-state index contributed by atoms with van der Waals surface area (Å²) in [5.74, 6) is 0. The minimum absolute atomic E-state index is 0.145. The van der Waals surface area contributed by atoms with E-state index in [9.17, 15) is 25.4 Å². The van der Waals surface area contributed by atoms with Gasteiger partial charge in [0.1, 0.15) is 0 Å². The Morgan fingerprint density at radius 2 is 1.79 bits per heavy atom. The van der Waals surface area contributed by atoms with Gasteiger partial charge in [-0.1, -0.05) is 17.2 Å². The summed E-state index contributed by atoms with van der Waals surface area (Å²) in [7, 11) is 0. The van der Waals surface area contributed by atoms with Gasteiger partial charge >= 0.3 is 5.54 Å². The van der Waals surface area contributed by atoms with Crippen molar-refractivity contribution in [1.82, 2.24) is 5.53 Å². The molecule has 1 aliphatic carbocycles. The average molecular weight is 331 g/mol. The molecule has 0 saturated carbocycles. The number of hydrogen-bond acceptors (Lipinski definition) is 7. The molecule has 0 saturated heterocycles. The number of quaternary nitrogens is 1. The number of nitrogens with zero attached hydrogens (tertiary/aromatic N) is 3. The second kappa shape index (κ2) is 5.22. The summed E-state index contributed by atoms with van der Waals surface area (Å²) < 4.78 is 0. The number of hydrogen-bond donors (Lipinski definition) is 2. The lowest BCUT2D eigenvalue weighted by atomic mass is 9.79. The van der Waals surface area contributed by atoms with Crippen molar-refractivity contribution < 1.29 is 15.0 Å². The van der Waals surface area contributed by atoms with Crippen LogP contribution in [0.3, 0.4) is 0 Å². The maximum absolute atomic E-state index is 12.0. The van der Waals surface area contributed by atoms with Gasteiger partial charge in [-0.25, -0.2) is 5.17 Å². The second-order valence-corrected chi connectivity index (χ2v) is 5.69. The van der Waals surface area contributed by atoms with E-state index < -0.39 is 26.3 Å².